The third kappa shape index (κ3) is 6.21. The fourth-order valence-electron chi connectivity index (χ4n) is 2.17. The lowest BCUT2D eigenvalue weighted by atomic mass is 10.1. The molecule has 0 spiro atoms. The lowest BCUT2D eigenvalue weighted by Gasteiger charge is -2.08. The Kier molecular flexibility index (Phi) is 6.97. The summed E-state index contributed by atoms with van der Waals surface area (Å²) in [6, 6.07) is 15.6. The number of ether oxygens (including phenoxy) is 2. The Morgan fingerprint density at radius 2 is 1.84 bits per heavy atom. The lowest BCUT2D eigenvalue weighted by molar-refractivity contribution is -0.142. The van der Waals surface area contributed by atoms with Crippen molar-refractivity contribution in [3.05, 3.63) is 60.2 Å². The fourth-order valence-corrected chi connectivity index (χ4v) is 3.27. The molecule has 0 amide bonds. The predicted octanol–water partition coefficient (Wildman–Crippen LogP) is 2.15. The topological polar surface area (TPSA) is 81.7 Å². The third-order valence-electron chi connectivity index (χ3n) is 3.47. The quantitative estimate of drug-likeness (QED) is 0.545. The molecule has 0 saturated heterocycles. The zero-order valence-electron chi connectivity index (χ0n) is 14.0. The van der Waals surface area contributed by atoms with Crippen LogP contribution in [-0.2, 0) is 26.0 Å². The second kappa shape index (κ2) is 9.19. The zero-order chi connectivity index (χ0) is 18.1. The predicted molar refractivity (Wildman–Crippen MR) is 93.9 cm³/mol. The largest absolute Gasteiger partial charge is 0.482 e. The van der Waals surface area contributed by atoms with Crippen molar-refractivity contribution >= 4 is 16.0 Å². The number of benzene rings is 2. The Bertz CT molecular complexity index is 790. The summed E-state index contributed by atoms with van der Waals surface area (Å²) < 4.78 is 36.6. The molecule has 0 radical (unpaired) electrons. The molecule has 0 atom stereocenters. The average molecular weight is 363 g/mol. The van der Waals surface area contributed by atoms with Crippen LogP contribution in [0.4, 0.5) is 0 Å². The van der Waals surface area contributed by atoms with Crippen molar-refractivity contribution in [2.24, 2.45) is 0 Å². The molecule has 0 unspecified atom stereocenters. The number of methoxy groups -OCH3 is 1. The summed E-state index contributed by atoms with van der Waals surface area (Å²) in [5.41, 5.74) is 1.00. The van der Waals surface area contributed by atoms with Crippen LogP contribution in [0.1, 0.15) is 12.0 Å². The highest BCUT2D eigenvalue weighted by Gasteiger charge is 2.12. The first-order valence-corrected chi connectivity index (χ1v) is 9.33. The van der Waals surface area contributed by atoms with Gasteiger partial charge in [-0.05, 0) is 42.7 Å². The summed E-state index contributed by atoms with van der Waals surface area (Å²) in [6.45, 7) is 0.196. The number of hydrogen-bond acceptors (Lipinski definition) is 5. The van der Waals surface area contributed by atoms with Crippen LogP contribution in [-0.4, -0.2) is 34.6 Å². The molecule has 134 valence electrons. The van der Waals surface area contributed by atoms with Crippen molar-refractivity contribution < 1.29 is 22.7 Å². The molecular formula is C18H21NO5S. The van der Waals surface area contributed by atoms with Crippen LogP contribution in [0.5, 0.6) is 5.75 Å². The van der Waals surface area contributed by atoms with E-state index in [0.29, 0.717) is 25.1 Å². The van der Waals surface area contributed by atoms with Crippen LogP contribution < -0.4 is 9.46 Å². The molecule has 0 saturated carbocycles. The van der Waals surface area contributed by atoms with Gasteiger partial charge in [-0.1, -0.05) is 30.3 Å². The zero-order valence-corrected chi connectivity index (χ0v) is 14.8. The number of esters is 1. The van der Waals surface area contributed by atoms with Gasteiger partial charge in [0.2, 0.25) is 10.0 Å². The van der Waals surface area contributed by atoms with Gasteiger partial charge in [0.05, 0.1) is 12.0 Å². The van der Waals surface area contributed by atoms with Gasteiger partial charge in [0.15, 0.2) is 6.61 Å². The van der Waals surface area contributed by atoms with Crippen molar-refractivity contribution in [3.63, 3.8) is 0 Å². The highest BCUT2D eigenvalue weighted by atomic mass is 32.2. The van der Waals surface area contributed by atoms with Crippen molar-refractivity contribution in [1.29, 1.82) is 0 Å². The molecule has 1 N–H and O–H groups in total. The first-order chi connectivity index (χ1) is 12.0. The Labute approximate surface area is 147 Å². The molecule has 2 aromatic rings. The number of hydrogen-bond donors (Lipinski definition) is 1. The SMILES string of the molecule is COC(=O)COc1cccc(CCCNS(=O)(=O)c2ccccc2)c1. The fraction of sp³-hybridized carbons (Fsp3) is 0.278. The van der Waals surface area contributed by atoms with Crippen LogP contribution in [0.15, 0.2) is 59.5 Å². The van der Waals surface area contributed by atoms with Crippen molar-refractivity contribution in [3.8, 4) is 5.75 Å². The van der Waals surface area contributed by atoms with E-state index in [1.807, 2.05) is 18.2 Å². The molecule has 2 rings (SSSR count). The number of sulfonamides is 1. The van der Waals surface area contributed by atoms with Gasteiger partial charge >= 0.3 is 5.97 Å². The van der Waals surface area contributed by atoms with Crippen molar-refractivity contribution in [1.82, 2.24) is 4.72 Å². The molecule has 0 aliphatic rings. The van der Waals surface area contributed by atoms with Crippen LogP contribution in [0.3, 0.4) is 0 Å². The van der Waals surface area contributed by atoms with E-state index in [2.05, 4.69) is 9.46 Å². The van der Waals surface area contributed by atoms with Crippen LogP contribution in [0.2, 0.25) is 0 Å². The van der Waals surface area contributed by atoms with Gasteiger partial charge in [0.1, 0.15) is 5.75 Å². The molecule has 0 bridgehead atoms. The lowest BCUT2D eigenvalue weighted by Crippen LogP contribution is -2.25. The molecule has 0 aliphatic heterocycles. The Balaban J connectivity index is 1.81. The summed E-state index contributed by atoms with van der Waals surface area (Å²) in [5, 5.41) is 0. The van der Waals surface area contributed by atoms with E-state index < -0.39 is 16.0 Å². The minimum absolute atomic E-state index is 0.142. The minimum atomic E-state index is -3.47. The van der Waals surface area contributed by atoms with Crippen LogP contribution >= 0.6 is 0 Å². The smallest absolute Gasteiger partial charge is 0.343 e. The summed E-state index contributed by atoms with van der Waals surface area (Å²) in [7, 11) is -2.17. The van der Waals surface area contributed by atoms with Gasteiger partial charge in [-0.25, -0.2) is 17.9 Å². The number of carbonyl (C=O) groups is 1. The Morgan fingerprint density at radius 3 is 2.56 bits per heavy atom. The van der Waals surface area contributed by atoms with E-state index in [-0.39, 0.29) is 11.5 Å². The van der Waals surface area contributed by atoms with E-state index >= 15 is 0 Å². The summed E-state index contributed by atoms with van der Waals surface area (Å²) in [6.07, 6.45) is 1.33. The normalized spacial score (nSPS) is 11.1. The molecule has 2 aromatic carbocycles. The van der Waals surface area contributed by atoms with Crippen LogP contribution in [0.25, 0.3) is 0 Å². The van der Waals surface area contributed by atoms with Gasteiger partial charge in [0, 0.05) is 6.54 Å². The van der Waals surface area contributed by atoms with Crippen molar-refractivity contribution in [2.45, 2.75) is 17.7 Å². The minimum Gasteiger partial charge on any atom is -0.482 e. The van der Waals surface area contributed by atoms with E-state index in [0.717, 1.165) is 5.56 Å². The molecule has 0 aromatic heterocycles. The third-order valence-corrected chi connectivity index (χ3v) is 4.95. The molecule has 25 heavy (non-hydrogen) atoms. The summed E-state index contributed by atoms with van der Waals surface area (Å²) >= 11 is 0. The monoisotopic (exact) mass is 363 g/mol. The molecule has 0 aliphatic carbocycles. The second-order valence-electron chi connectivity index (χ2n) is 5.33. The maximum Gasteiger partial charge on any atom is 0.343 e. The van der Waals surface area contributed by atoms with Gasteiger partial charge < -0.3 is 9.47 Å². The summed E-state index contributed by atoms with van der Waals surface area (Å²) in [5.74, 6) is 0.133. The second-order valence-corrected chi connectivity index (χ2v) is 7.09. The molecule has 7 heteroatoms. The van der Waals surface area contributed by atoms with Gasteiger partial charge in [0.25, 0.3) is 0 Å². The Hall–Kier alpha value is -2.38. The summed E-state index contributed by atoms with van der Waals surface area (Å²) in [4.78, 5) is 11.3. The maximum absolute atomic E-state index is 12.1. The van der Waals surface area contributed by atoms with E-state index in [9.17, 15) is 13.2 Å². The van der Waals surface area contributed by atoms with Crippen molar-refractivity contribution in [2.75, 3.05) is 20.3 Å². The first kappa shape index (κ1) is 19.0. The molecule has 0 fully saturated rings. The number of carbonyl (C=O) groups excluding carboxylic acids is 1. The van der Waals surface area contributed by atoms with Crippen LogP contribution in [0, 0.1) is 0 Å². The number of rotatable bonds is 9. The van der Waals surface area contributed by atoms with Gasteiger partial charge in [-0.15, -0.1) is 0 Å². The van der Waals surface area contributed by atoms with E-state index in [1.54, 1.807) is 36.4 Å². The molecular weight excluding hydrogens is 342 g/mol. The first-order valence-electron chi connectivity index (χ1n) is 7.84. The number of aryl methyl sites for hydroxylation is 1. The van der Waals surface area contributed by atoms with Gasteiger partial charge in [-0.3, -0.25) is 0 Å². The molecule has 6 nitrogen and oxygen atoms in total. The Morgan fingerprint density at radius 1 is 1.08 bits per heavy atom. The highest BCUT2D eigenvalue weighted by molar-refractivity contribution is 7.89. The van der Waals surface area contributed by atoms with Gasteiger partial charge in [-0.2, -0.15) is 0 Å². The average Bonchev–Trinajstić information content (AvgIpc) is 2.64. The van der Waals surface area contributed by atoms with E-state index in [1.165, 1.54) is 7.11 Å². The van der Waals surface area contributed by atoms with E-state index in [4.69, 9.17) is 4.74 Å². The maximum atomic E-state index is 12.1. The molecule has 0 heterocycles. The number of nitrogens with one attached hydrogen (secondary N) is 1. The standard InChI is InChI=1S/C18H21NO5S/c1-23-18(20)14-24-16-9-5-7-15(13-16)8-6-12-19-25(21,22)17-10-3-2-4-11-17/h2-5,7,9-11,13,19H,6,8,12,14H2,1H3. The highest BCUT2D eigenvalue weighted by Crippen LogP contribution is 2.15.